The molecule has 2 aromatic rings. The van der Waals surface area contributed by atoms with Crippen molar-refractivity contribution >= 4 is 17.0 Å². The average molecular weight is 204 g/mol. The zero-order valence-corrected chi connectivity index (χ0v) is 7.97. The van der Waals surface area contributed by atoms with Crippen LogP contribution in [0.1, 0.15) is 5.56 Å². The summed E-state index contributed by atoms with van der Waals surface area (Å²) >= 11 is 0. The van der Waals surface area contributed by atoms with Gasteiger partial charge in [-0.05, 0) is 24.6 Å². The molecule has 0 aliphatic carbocycles. The van der Waals surface area contributed by atoms with Crippen LogP contribution >= 0.6 is 0 Å². The molecule has 2 rings (SSSR count). The second-order valence-electron chi connectivity index (χ2n) is 3.22. The van der Waals surface area contributed by atoms with Crippen LogP contribution in [0.4, 0.5) is 4.79 Å². The van der Waals surface area contributed by atoms with E-state index in [2.05, 4.69) is 4.98 Å². The quantitative estimate of drug-likeness (QED) is 0.700. The van der Waals surface area contributed by atoms with Crippen molar-refractivity contribution in [3.8, 4) is 0 Å². The molecule has 0 atom stereocenters. The van der Waals surface area contributed by atoms with E-state index < -0.39 is 11.7 Å². The molecule has 76 valence electrons. The molecule has 1 N–H and O–H groups in total. The van der Waals surface area contributed by atoms with Crippen molar-refractivity contribution in [2.24, 2.45) is 0 Å². The summed E-state index contributed by atoms with van der Waals surface area (Å²) in [5.41, 5.74) is 0.924. The SMILES string of the molecule is Cc1ccc2c(=O)n(C(=O)O)cnc2c1. The van der Waals surface area contributed by atoms with Crippen molar-refractivity contribution in [2.45, 2.75) is 6.92 Å². The lowest BCUT2D eigenvalue weighted by atomic mass is 10.2. The molecule has 5 heteroatoms. The van der Waals surface area contributed by atoms with Crippen molar-refractivity contribution in [2.75, 3.05) is 0 Å². The Morgan fingerprint density at radius 1 is 1.47 bits per heavy atom. The average Bonchev–Trinajstić information content (AvgIpc) is 2.17. The third kappa shape index (κ3) is 1.48. The van der Waals surface area contributed by atoms with E-state index in [9.17, 15) is 9.59 Å². The molecule has 0 saturated carbocycles. The number of aryl methyl sites for hydroxylation is 1. The number of hydrogen-bond acceptors (Lipinski definition) is 3. The van der Waals surface area contributed by atoms with E-state index in [-0.39, 0.29) is 0 Å². The Kier molecular flexibility index (Phi) is 2.00. The van der Waals surface area contributed by atoms with E-state index in [1.807, 2.05) is 6.92 Å². The van der Waals surface area contributed by atoms with E-state index in [1.54, 1.807) is 18.2 Å². The monoisotopic (exact) mass is 204 g/mol. The lowest BCUT2D eigenvalue weighted by molar-refractivity contribution is 0.195. The van der Waals surface area contributed by atoms with Gasteiger partial charge in [-0.3, -0.25) is 4.79 Å². The minimum Gasteiger partial charge on any atom is -0.464 e. The van der Waals surface area contributed by atoms with Gasteiger partial charge >= 0.3 is 6.09 Å². The normalized spacial score (nSPS) is 10.5. The summed E-state index contributed by atoms with van der Waals surface area (Å²) < 4.78 is 0.567. The molecule has 0 fully saturated rings. The minimum absolute atomic E-state index is 0.311. The summed E-state index contributed by atoms with van der Waals surface area (Å²) in [4.78, 5) is 26.2. The summed E-state index contributed by atoms with van der Waals surface area (Å²) in [5.74, 6) is 0. The Morgan fingerprint density at radius 3 is 2.87 bits per heavy atom. The van der Waals surface area contributed by atoms with Gasteiger partial charge in [-0.1, -0.05) is 6.07 Å². The lowest BCUT2D eigenvalue weighted by Crippen LogP contribution is -2.25. The Balaban J connectivity index is 2.86. The molecular formula is C10H8N2O3. The van der Waals surface area contributed by atoms with Gasteiger partial charge in [0.15, 0.2) is 0 Å². The van der Waals surface area contributed by atoms with Crippen LogP contribution in [0.2, 0.25) is 0 Å². The second-order valence-corrected chi connectivity index (χ2v) is 3.22. The molecule has 5 nitrogen and oxygen atoms in total. The molecule has 1 aromatic carbocycles. The maximum Gasteiger partial charge on any atom is 0.419 e. The third-order valence-electron chi connectivity index (χ3n) is 2.12. The number of carbonyl (C=O) groups is 1. The zero-order valence-electron chi connectivity index (χ0n) is 7.97. The van der Waals surface area contributed by atoms with Gasteiger partial charge in [0.1, 0.15) is 6.33 Å². The number of nitrogens with zero attached hydrogens (tertiary/aromatic N) is 2. The van der Waals surface area contributed by atoms with Gasteiger partial charge in [0.05, 0.1) is 10.9 Å². The van der Waals surface area contributed by atoms with Crippen LogP contribution in [0.3, 0.4) is 0 Å². The number of aromatic nitrogens is 2. The molecule has 0 amide bonds. The summed E-state index contributed by atoms with van der Waals surface area (Å²) in [6.07, 6.45) is -0.304. The zero-order chi connectivity index (χ0) is 11.0. The smallest absolute Gasteiger partial charge is 0.419 e. The highest BCUT2D eigenvalue weighted by atomic mass is 16.4. The van der Waals surface area contributed by atoms with E-state index >= 15 is 0 Å². The van der Waals surface area contributed by atoms with Crippen molar-refractivity contribution < 1.29 is 9.90 Å². The Morgan fingerprint density at radius 2 is 2.20 bits per heavy atom. The Labute approximate surface area is 84.6 Å². The highest BCUT2D eigenvalue weighted by molar-refractivity contribution is 5.80. The van der Waals surface area contributed by atoms with Crippen LogP contribution in [-0.2, 0) is 0 Å². The van der Waals surface area contributed by atoms with Crippen LogP contribution in [-0.4, -0.2) is 20.8 Å². The number of fused-ring (bicyclic) bond motifs is 1. The van der Waals surface area contributed by atoms with Gasteiger partial charge in [0.2, 0.25) is 0 Å². The second kappa shape index (κ2) is 3.20. The molecule has 0 unspecified atom stereocenters. The van der Waals surface area contributed by atoms with Crippen molar-refractivity contribution in [3.05, 3.63) is 40.4 Å². The molecule has 0 aliphatic heterocycles. The standard InChI is InChI=1S/C10H8N2O3/c1-6-2-3-7-8(4-6)11-5-12(9(7)13)10(14)15/h2-5H,1H3,(H,14,15). The fraction of sp³-hybridized carbons (Fsp3) is 0.100. The fourth-order valence-electron chi connectivity index (χ4n) is 1.37. The van der Waals surface area contributed by atoms with Crippen LogP contribution < -0.4 is 5.56 Å². The predicted octanol–water partition coefficient (Wildman–Crippen LogP) is 1.23. The fourth-order valence-corrected chi connectivity index (χ4v) is 1.37. The molecular weight excluding hydrogens is 196 g/mol. The molecule has 0 bridgehead atoms. The first-order valence-corrected chi connectivity index (χ1v) is 4.31. The van der Waals surface area contributed by atoms with Crippen LogP contribution in [0, 0.1) is 6.92 Å². The molecule has 0 spiro atoms. The van der Waals surface area contributed by atoms with Gasteiger partial charge in [0, 0.05) is 0 Å². The first kappa shape index (κ1) is 9.39. The van der Waals surface area contributed by atoms with Gasteiger partial charge < -0.3 is 5.11 Å². The first-order chi connectivity index (χ1) is 7.09. The topological polar surface area (TPSA) is 72.2 Å². The predicted molar refractivity (Wildman–Crippen MR) is 54.2 cm³/mol. The van der Waals surface area contributed by atoms with Gasteiger partial charge in [-0.25, -0.2) is 14.3 Å². The summed E-state index contributed by atoms with van der Waals surface area (Å²) in [6, 6.07) is 5.07. The van der Waals surface area contributed by atoms with Gasteiger partial charge in [0.25, 0.3) is 5.56 Å². The van der Waals surface area contributed by atoms with E-state index in [4.69, 9.17) is 5.11 Å². The van der Waals surface area contributed by atoms with Crippen LogP contribution in [0.15, 0.2) is 29.3 Å². The van der Waals surface area contributed by atoms with E-state index in [1.165, 1.54) is 0 Å². The molecule has 0 saturated heterocycles. The lowest BCUT2D eigenvalue weighted by Gasteiger charge is -2.01. The van der Waals surface area contributed by atoms with Gasteiger partial charge in [-0.15, -0.1) is 0 Å². The summed E-state index contributed by atoms with van der Waals surface area (Å²) in [7, 11) is 0. The van der Waals surface area contributed by atoms with E-state index in [0.717, 1.165) is 11.9 Å². The van der Waals surface area contributed by atoms with Crippen molar-refractivity contribution in [1.29, 1.82) is 0 Å². The van der Waals surface area contributed by atoms with Gasteiger partial charge in [-0.2, -0.15) is 0 Å². The van der Waals surface area contributed by atoms with Crippen LogP contribution in [0.5, 0.6) is 0 Å². The number of rotatable bonds is 0. The Hall–Kier alpha value is -2.17. The van der Waals surface area contributed by atoms with E-state index in [0.29, 0.717) is 15.5 Å². The maximum atomic E-state index is 11.6. The molecule has 1 aromatic heterocycles. The highest BCUT2D eigenvalue weighted by Gasteiger charge is 2.08. The highest BCUT2D eigenvalue weighted by Crippen LogP contribution is 2.08. The third-order valence-corrected chi connectivity index (χ3v) is 2.12. The number of benzene rings is 1. The molecule has 15 heavy (non-hydrogen) atoms. The molecule has 1 heterocycles. The number of carboxylic acid groups (broad SMARTS) is 1. The molecule has 0 aliphatic rings. The first-order valence-electron chi connectivity index (χ1n) is 4.31. The number of hydrogen-bond donors (Lipinski definition) is 1. The summed E-state index contributed by atoms with van der Waals surface area (Å²) in [5, 5.41) is 9.01. The largest absolute Gasteiger partial charge is 0.464 e. The van der Waals surface area contributed by atoms with Crippen LogP contribution in [0.25, 0.3) is 10.9 Å². The Bertz CT molecular complexity index is 601. The minimum atomic E-state index is -1.32. The maximum absolute atomic E-state index is 11.6. The molecule has 0 radical (unpaired) electrons. The van der Waals surface area contributed by atoms with Crippen molar-refractivity contribution in [1.82, 2.24) is 9.55 Å². The van der Waals surface area contributed by atoms with Crippen molar-refractivity contribution in [3.63, 3.8) is 0 Å². The summed E-state index contributed by atoms with van der Waals surface area (Å²) in [6.45, 7) is 1.88.